The molecular formula is C49H27N3O3. The highest BCUT2D eigenvalue weighted by Gasteiger charge is 2.20. The molecule has 4 heterocycles. The van der Waals surface area contributed by atoms with Gasteiger partial charge in [0.2, 0.25) is 0 Å². The molecule has 0 unspecified atom stereocenters. The minimum absolute atomic E-state index is 0.568. The van der Waals surface area contributed by atoms with Gasteiger partial charge in [-0.05, 0) is 64.4 Å². The molecule has 0 aliphatic rings. The monoisotopic (exact) mass is 705 g/mol. The molecule has 4 aromatic heterocycles. The minimum Gasteiger partial charge on any atom is -0.456 e. The smallest absolute Gasteiger partial charge is 0.164 e. The molecule has 0 bridgehead atoms. The summed E-state index contributed by atoms with van der Waals surface area (Å²) >= 11 is 0. The Morgan fingerprint density at radius 1 is 0.291 bits per heavy atom. The SMILES string of the molecule is c1ccc2c(c1)oc1cccc(-c3nc(-c4ccc(-c5ccc6c(ccc7oc8ccccc8c76)c5)cc4)nc(-c4cccc5oc6ccccc6c45)n3)c12. The van der Waals surface area contributed by atoms with Crippen molar-refractivity contribution in [2.75, 3.05) is 0 Å². The van der Waals surface area contributed by atoms with Crippen LogP contribution in [-0.4, -0.2) is 15.0 Å². The second-order valence-corrected chi connectivity index (χ2v) is 13.9. The van der Waals surface area contributed by atoms with E-state index in [1.165, 1.54) is 5.39 Å². The van der Waals surface area contributed by atoms with Gasteiger partial charge in [0.25, 0.3) is 0 Å². The Morgan fingerprint density at radius 2 is 0.745 bits per heavy atom. The number of nitrogens with zero attached hydrogens (tertiary/aromatic N) is 3. The van der Waals surface area contributed by atoms with Crippen LogP contribution in [0.2, 0.25) is 0 Å². The fourth-order valence-electron chi connectivity index (χ4n) is 8.21. The van der Waals surface area contributed by atoms with E-state index in [0.717, 1.165) is 99.0 Å². The maximum Gasteiger partial charge on any atom is 0.164 e. The molecule has 0 spiro atoms. The topological polar surface area (TPSA) is 78.1 Å². The number of benzene rings is 8. The van der Waals surface area contributed by atoms with E-state index in [1.54, 1.807) is 0 Å². The summed E-state index contributed by atoms with van der Waals surface area (Å²) in [5.74, 6) is 1.71. The van der Waals surface area contributed by atoms with Crippen molar-refractivity contribution in [3.63, 3.8) is 0 Å². The lowest BCUT2D eigenvalue weighted by molar-refractivity contribution is 0.668. The van der Waals surface area contributed by atoms with E-state index in [2.05, 4.69) is 91.0 Å². The van der Waals surface area contributed by atoms with Crippen LogP contribution in [0.15, 0.2) is 177 Å². The molecule has 256 valence electrons. The maximum absolute atomic E-state index is 6.27. The molecule has 12 rings (SSSR count). The Hall–Kier alpha value is -7.57. The van der Waals surface area contributed by atoms with Crippen LogP contribution in [0, 0.1) is 0 Å². The second-order valence-electron chi connectivity index (χ2n) is 13.9. The summed E-state index contributed by atoms with van der Waals surface area (Å²) in [5, 5.41) is 8.59. The standard InChI is InChI=1S/C49H27N3O3/c1-4-14-38-33(9-1)44-32-25-23-30(27-31(32)24-26-43(44)55-38)28-19-21-29(22-20-28)47-50-48(36-12-7-17-41-45(36)34-10-2-5-15-39(34)53-41)52-49(51-47)37-13-8-18-42-46(37)35-11-3-6-16-40(35)54-42/h1-27H. The first-order chi connectivity index (χ1) is 27.2. The quantitative estimate of drug-likeness (QED) is 0.181. The summed E-state index contributed by atoms with van der Waals surface area (Å²) in [5.41, 5.74) is 9.87. The van der Waals surface area contributed by atoms with Gasteiger partial charge in [-0.25, -0.2) is 15.0 Å². The molecule has 6 nitrogen and oxygen atoms in total. The predicted octanol–water partition coefficient (Wildman–Crippen LogP) is 13.4. The normalized spacial score (nSPS) is 12.0. The zero-order valence-electron chi connectivity index (χ0n) is 29.2. The largest absolute Gasteiger partial charge is 0.456 e. The fraction of sp³-hybridized carbons (Fsp3) is 0. The lowest BCUT2D eigenvalue weighted by atomic mass is 9.98. The lowest BCUT2D eigenvalue weighted by Crippen LogP contribution is -2.00. The van der Waals surface area contributed by atoms with Crippen molar-refractivity contribution >= 4 is 76.6 Å². The van der Waals surface area contributed by atoms with Gasteiger partial charge in [-0.1, -0.05) is 121 Å². The summed E-state index contributed by atoms with van der Waals surface area (Å²) in [6.45, 7) is 0. The van der Waals surface area contributed by atoms with E-state index in [9.17, 15) is 0 Å². The Balaban J connectivity index is 1.02. The van der Waals surface area contributed by atoms with E-state index in [-0.39, 0.29) is 0 Å². The van der Waals surface area contributed by atoms with Crippen molar-refractivity contribution in [1.82, 2.24) is 15.0 Å². The van der Waals surface area contributed by atoms with E-state index < -0.39 is 0 Å². The highest BCUT2D eigenvalue weighted by Crippen LogP contribution is 2.40. The first-order valence-electron chi connectivity index (χ1n) is 18.3. The average Bonchev–Trinajstić information content (AvgIpc) is 3.95. The van der Waals surface area contributed by atoms with Gasteiger partial charge < -0.3 is 13.3 Å². The Bertz CT molecular complexity index is 3370. The van der Waals surface area contributed by atoms with Crippen molar-refractivity contribution in [2.24, 2.45) is 0 Å². The van der Waals surface area contributed by atoms with Crippen molar-refractivity contribution in [3.05, 3.63) is 164 Å². The van der Waals surface area contributed by atoms with Crippen molar-refractivity contribution < 1.29 is 13.3 Å². The molecule has 0 saturated carbocycles. The number of para-hydroxylation sites is 3. The van der Waals surface area contributed by atoms with Gasteiger partial charge in [-0.3, -0.25) is 0 Å². The Kier molecular flexibility index (Phi) is 6.24. The van der Waals surface area contributed by atoms with Crippen LogP contribution >= 0.6 is 0 Å². The van der Waals surface area contributed by atoms with Crippen molar-refractivity contribution in [2.45, 2.75) is 0 Å². The number of hydrogen-bond acceptors (Lipinski definition) is 6. The third-order valence-corrected chi connectivity index (χ3v) is 10.8. The van der Waals surface area contributed by atoms with Crippen molar-refractivity contribution in [3.8, 4) is 45.3 Å². The van der Waals surface area contributed by atoms with Gasteiger partial charge in [0.05, 0.1) is 0 Å². The molecule has 0 radical (unpaired) electrons. The van der Waals surface area contributed by atoms with E-state index in [1.807, 2.05) is 72.8 Å². The molecule has 0 N–H and O–H groups in total. The Morgan fingerprint density at radius 3 is 1.33 bits per heavy atom. The molecule has 0 amide bonds. The maximum atomic E-state index is 6.27. The molecule has 55 heavy (non-hydrogen) atoms. The van der Waals surface area contributed by atoms with E-state index in [0.29, 0.717) is 17.5 Å². The molecule has 8 aromatic carbocycles. The summed E-state index contributed by atoms with van der Waals surface area (Å²) in [4.78, 5) is 15.5. The minimum atomic E-state index is 0.568. The first-order valence-corrected chi connectivity index (χ1v) is 18.3. The van der Waals surface area contributed by atoms with Crippen LogP contribution in [0.3, 0.4) is 0 Å². The Labute approximate surface area is 312 Å². The third-order valence-electron chi connectivity index (χ3n) is 10.8. The number of furan rings is 3. The van der Waals surface area contributed by atoms with Gasteiger partial charge in [0.1, 0.15) is 33.5 Å². The molecule has 0 aliphatic carbocycles. The van der Waals surface area contributed by atoms with Crippen LogP contribution in [0.4, 0.5) is 0 Å². The molecule has 0 atom stereocenters. The number of rotatable bonds is 4. The summed E-state index contributed by atoms with van der Waals surface area (Å²) in [6.07, 6.45) is 0. The zero-order valence-corrected chi connectivity index (χ0v) is 29.2. The summed E-state index contributed by atoms with van der Waals surface area (Å²) in [7, 11) is 0. The predicted molar refractivity (Wildman–Crippen MR) is 221 cm³/mol. The van der Waals surface area contributed by atoms with Gasteiger partial charge in [-0.2, -0.15) is 0 Å². The van der Waals surface area contributed by atoms with E-state index in [4.69, 9.17) is 28.2 Å². The first kappa shape index (κ1) is 29.9. The van der Waals surface area contributed by atoms with Crippen LogP contribution < -0.4 is 0 Å². The number of hydrogen-bond donors (Lipinski definition) is 0. The number of fused-ring (bicyclic) bond motifs is 11. The molecule has 0 fully saturated rings. The zero-order chi connectivity index (χ0) is 36.0. The highest BCUT2D eigenvalue weighted by atomic mass is 16.3. The third kappa shape index (κ3) is 4.58. The molecule has 0 saturated heterocycles. The highest BCUT2D eigenvalue weighted by molar-refractivity contribution is 6.19. The number of aromatic nitrogens is 3. The summed E-state index contributed by atoms with van der Waals surface area (Å²) in [6, 6.07) is 55.8. The van der Waals surface area contributed by atoms with E-state index >= 15 is 0 Å². The van der Waals surface area contributed by atoms with Gasteiger partial charge >= 0.3 is 0 Å². The van der Waals surface area contributed by atoms with Gasteiger partial charge in [-0.15, -0.1) is 0 Å². The summed E-state index contributed by atoms with van der Waals surface area (Å²) < 4.78 is 18.7. The van der Waals surface area contributed by atoms with Gasteiger partial charge in [0, 0.05) is 49.0 Å². The van der Waals surface area contributed by atoms with Crippen LogP contribution in [-0.2, 0) is 0 Å². The molecule has 12 aromatic rings. The fourth-order valence-corrected chi connectivity index (χ4v) is 8.21. The van der Waals surface area contributed by atoms with Crippen LogP contribution in [0.25, 0.3) is 122 Å². The molecular weight excluding hydrogens is 679 g/mol. The average molecular weight is 706 g/mol. The molecule has 0 aliphatic heterocycles. The molecule has 6 heteroatoms. The lowest BCUT2D eigenvalue weighted by Gasteiger charge is -2.11. The van der Waals surface area contributed by atoms with Gasteiger partial charge in [0.15, 0.2) is 17.5 Å². The van der Waals surface area contributed by atoms with Crippen LogP contribution in [0.1, 0.15) is 0 Å². The van der Waals surface area contributed by atoms with Crippen molar-refractivity contribution in [1.29, 1.82) is 0 Å². The second kappa shape index (κ2) is 11.5. The van der Waals surface area contributed by atoms with Crippen LogP contribution in [0.5, 0.6) is 0 Å².